The molecule has 0 bridgehead atoms. The zero-order chi connectivity index (χ0) is 17.1. The van der Waals surface area contributed by atoms with Crippen molar-refractivity contribution in [2.75, 3.05) is 7.11 Å². The largest absolute Gasteiger partial charge is 0.463 e. The summed E-state index contributed by atoms with van der Waals surface area (Å²) < 4.78 is 11.3. The lowest BCUT2D eigenvalue weighted by molar-refractivity contribution is -0.384. The Morgan fingerprint density at radius 2 is 2.25 bits per heavy atom. The minimum Gasteiger partial charge on any atom is -0.463 e. The number of hydrogen-bond donors (Lipinski definition) is 0. The van der Waals surface area contributed by atoms with Gasteiger partial charge >= 0.3 is 5.97 Å². The molecule has 24 heavy (non-hydrogen) atoms. The topological polar surface area (TPSA) is 113 Å². The Kier molecular flexibility index (Phi) is 4.06. The van der Waals surface area contributed by atoms with Gasteiger partial charge in [0.1, 0.15) is 6.33 Å². The van der Waals surface area contributed by atoms with Crippen LogP contribution in [-0.4, -0.2) is 32.8 Å². The number of nitrogens with zero attached hydrogens (tertiary/aromatic N) is 4. The van der Waals surface area contributed by atoms with E-state index in [1.54, 1.807) is 18.2 Å². The van der Waals surface area contributed by atoms with E-state index in [1.807, 2.05) is 0 Å². The first kappa shape index (κ1) is 15.4. The molecule has 0 atom stereocenters. The van der Waals surface area contributed by atoms with E-state index in [1.165, 1.54) is 36.5 Å². The number of hydrogen-bond acceptors (Lipinski definition) is 7. The lowest BCUT2D eigenvalue weighted by atomic mass is 10.2. The smallest absolute Gasteiger partial charge is 0.374 e. The molecule has 0 amide bonds. The number of carbonyl (C=O) groups is 1. The van der Waals surface area contributed by atoms with E-state index < -0.39 is 10.9 Å². The number of ether oxygens (including phenoxy) is 1. The number of nitro benzene ring substituents is 1. The molecule has 0 aliphatic heterocycles. The zero-order valence-corrected chi connectivity index (χ0v) is 12.6. The van der Waals surface area contributed by atoms with E-state index >= 15 is 0 Å². The molecule has 2 heterocycles. The molecule has 0 N–H and O–H groups in total. The highest BCUT2D eigenvalue weighted by molar-refractivity contribution is 5.87. The first-order valence-electron chi connectivity index (χ1n) is 6.87. The number of non-ortho nitro benzene ring substituents is 1. The number of nitro groups is 1. The van der Waals surface area contributed by atoms with Crippen LogP contribution in [-0.2, 0) is 11.3 Å². The average molecular weight is 328 g/mol. The molecule has 0 spiro atoms. The van der Waals surface area contributed by atoms with Crippen molar-refractivity contribution in [1.29, 1.82) is 0 Å². The second kappa shape index (κ2) is 6.32. The van der Waals surface area contributed by atoms with Gasteiger partial charge in [0.2, 0.25) is 5.76 Å². The van der Waals surface area contributed by atoms with Crippen molar-refractivity contribution < 1.29 is 18.9 Å². The molecule has 1 aromatic carbocycles. The minimum absolute atomic E-state index is 0.0355. The van der Waals surface area contributed by atoms with Gasteiger partial charge in [0, 0.05) is 23.3 Å². The monoisotopic (exact) mass is 328 g/mol. The SMILES string of the molecule is COC(=O)c1occc1Cn1cnc(-c2cccc([N+](=O)[O-])c2)n1. The molecule has 3 rings (SSSR count). The minimum atomic E-state index is -0.575. The molecule has 2 aromatic heterocycles. The third kappa shape index (κ3) is 3.00. The second-order valence-corrected chi connectivity index (χ2v) is 4.84. The van der Waals surface area contributed by atoms with Crippen LogP contribution in [0.5, 0.6) is 0 Å². The summed E-state index contributed by atoms with van der Waals surface area (Å²) in [6.07, 6.45) is 2.86. The highest BCUT2D eigenvalue weighted by atomic mass is 16.6. The Morgan fingerprint density at radius 3 is 3.00 bits per heavy atom. The standard InChI is InChI=1S/C15H12N4O5/c1-23-15(20)13-11(5-6-24-13)8-18-9-16-14(17-18)10-3-2-4-12(7-10)19(21)22/h2-7,9H,8H2,1H3. The predicted octanol–water partition coefficient (Wildman–Crippen LogP) is 2.28. The van der Waals surface area contributed by atoms with E-state index in [0.29, 0.717) is 17.0 Å². The van der Waals surface area contributed by atoms with Gasteiger partial charge in [-0.2, -0.15) is 5.10 Å². The van der Waals surface area contributed by atoms with Crippen LogP contribution in [0.15, 0.2) is 47.3 Å². The number of rotatable bonds is 5. The molecule has 3 aromatic rings. The van der Waals surface area contributed by atoms with Gasteiger partial charge in [-0.3, -0.25) is 10.1 Å². The fourth-order valence-electron chi connectivity index (χ4n) is 2.17. The molecule has 122 valence electrons. The average Bonchev–Trinajstić information content (AvgIpc) is 3.24. The third-order valence-electron chi connectivity index (χ3n) is 3.30. The Hall–Kier alpha value is -3.49. The molecular weight excluding hydrogens is 316 g/mol. The van der Waals surface area contributed by atoms with Gasteiger partial charge in [-0.05, 0) is 6.07 Å². The van der Waals surface area contributed by atoms with Gasteiger partial charge in [-0.1, -0.05) is 12.1 Å². The number of furan rings is 1. The van der Waals surface area contributed by atoms with Crippen molar-refractivity contribution in [3.05, 3.63) is 64.4 Å². The summed E-state index contributed by atoms with van der Waals surface area (Å²) in [6.45, 7) is 0.253. The van der Waals surface area contributed by atoms with Crippen LogP contribution in [0.2, 0.25) is 0 Å². The quantitative estimate of drug-likeness (QED) is 0.401. The third-order valence-corrected chi connectivity index (χ3v) is 3.30. The van der Waals surface area contributed by atoms with Crippen LogP contribution >= 0.6 is 0 Å². The van der Waals surface area contributed by atoms with E-state index in [0.717, 1.165) is 0 Å². The molecule has 0 radical (unpaired) electrons. The van der Waals surface area contributed by atoms with Gasteiger partial charge in [0.05, 0.1) is 24.8 Å². The fourth-order valence-corrected chi connectivity index (χ4v) is 2.17. The Balaban J connectivity index is 1.84. The van der Waals surface area contributed by atoms with Crippen molar-refractivity contribution in [3.8, 4) is 11.4 Å². The van der Waals surface area contributed by atoms with Crippen molar-refractivity contribution in [2.45, 2.75) is 6.54 Å². The Morgan fingerprint density at radius 1 is 1.42 bits per heavy atom. The molecule has 0 fully saturated rings. The molecule has 9 heteroatoms. The Bertz CT molecular complexity index is 899. The van der Waals surface area contributed by atoms with Gasteiger partial charge in [-0.25, -0.2) is 14.5 Å². The van der Waals surface area contributed by atoms with E-state index in [9.17, 15) is 14.9 Å². The van der Waals surface area contributed by atoms with E-state index in [4.69, 9.17) is 4.42 Å². The number of carbonyl (C=O) groups excluding carboxylic acids is 1. The molecule has 0 saturated heterocycles. The maximum Gasteiger partial charge on any atom is 0.374 e. The van der Waals surface area contributed by atoms with Crippen LogP contribution in [0.25, 0.3) is 11.4 Å². The first-order chi connectivity index (χ1) is 11.6. The number of aromatic nitrogens is 3. The van der Waals surface area contributed by atoms with Gasteiger partial charge in [0.15, 0.2) is 5.82 Å². The van der Waals surface area contributed by atoms with Crippen molar-refractivity contribution in [1.82, 2.24) is 14.8 Å². The van der Waals surface area contributed by atoms with Crippen LogP contribution in [0.1, 0.15) is 16.1 Å². The normalized spacial score (nSPS) is 10.5. The van der Waals surface area contributed by atoms with Crippen molar-refractivity contribution in [3.63, 3.8) is 0 Å². The van der Waals surface area contributed by atoms with Crippen LogP contribution in [0.3, 0.4) is 0 Å². The van der Waals surface area contributed by atoms with Gasteiger partial charge in [-0.15, -0.1) is 0 Å². The van der Waals surface area contributed by atoms with Crippen LogP contribution in [0.4, 0.5) is 5.69 Å². The maximum atomic E-state index is 11.6. The molecule has 0 aliphatic rings. The number of methoxy groups -OCH3 is 1. The molecular formula is C15H12N4O5. The van der Waals surface area contributed by atoms with E-state index in [-0.39, 0.29) is 18.0 Å². The predicted molar refractivity (Wildman–Crippen MR) is 81.3 cm³/mol. The molecule has 0 aliphatic carbocycles. The molecule has 0 saturated carbocycles. The fraction of sp³-hybridized carbons (Fsp3) is 0.133. The zero-order valence-electron chi connectivity index (χ0n) is 12.6. The summed E-state index contributed by atoms with van der Waals surface area (Å²) in [5.41, 5.74) is 1.09. The lowest BCUT2D eigenvalue weighted by Crippen LogP contribution is -2.07. The number of esters is 1. The maximum absolute atomic E-state index is 11.6. The van der Waals surface area contributed by atoms with Crippen LogP contribution < -0.4 is 0 Å². The van der Waals surface area contributed by atoms with E-state index in [2.05, 4.69) is 14.8 Å². The summed E-state index contributed by atoms with van der Waals surface area (Å²) in [5, 5.41) is 15.1. The molecule has 0 unspecified atom stereocenters. The van der Waals surface area contributed by atoms with Crippen LogP contribution in [0, 0.1) is 10.1 Å². The molecule has 9 nitrogen and oxygen atoms in total. The summed E-state index contributed by atoms with van der Waals surface area (Å²) in [5.74, 6) is -0.124. The van der Waals surface area contributed by atoms with Crippen molar-refractivity contribution >= 4 is 11.7 Å². The highest BCUT2D eigenvalue weighted by Gasteiger charge is 2.17. The number of benzene rings is 1. The summed E-state index contributed by atoms with van der Waals surface area (Å²) in [4.78, 5) is 26.1. The Labute approximate surface area is 135 Å². The highest BCUT2D eigenvalue weighted by Crippen LogP contribution is 2.21. The lowest BCUT2D eigenvalue weighted by Gasteiger charge is -2.01. The first-order valence-corrected chi connectivity index (χ1v) is 6.87. The second-order valence-electron chi connectivity index (χ2n) is 4.84. The van der Waals surface area contributed by atoms with Crippen molar-refractivity contribution in [2.24, 2.45) is 0 Å². The van der Waals surface area contributed by atoms with Gasteiger partial charge in [0.25, 0.3) is 5.69 Å². The summed E-state index contributed by atoms with van der Waals surface area (Å²) in [6, 6.07) is 7.69. The van der Waals surface area contributed by atoms with Gasteiger partial charge < -0.3 is 9.15 Å². The summed E-state index contributed by atoms with van der Waals surface area (Å²) >= 11 is 0. The summed E-state index contributed by atoms with van der Waals surface area (Å²) in [7, 11) is 1.27.